The van der Waals surface area contributed by atoms with Crippen molar-refractivity contribution in [3.05, 3.63) is 88.1 Å². The van der Waals surface area contributed by atoms with E-state index in [2.05, 4.69) is 16.5 Å². The summed E-state index contributed by atoms with van der Waals surface area (Å²) in [5.74, 6) is 0.943. The molecule has 2 heterocycles. The Morgan fingerprint density at radius 2 is 1.83 bits per heavy atom. The molecule has 0 bridgehead atoms. The lowest BCUT2D eigenvalue weighted by molar-refractivity contribution is -0.111. The van der Waals surface area contributed by atoms with E-state index in [-0.39, 0.29) is 5.91 Å². The highest BCUT2D eigenvalue weighted by Gasteiger charge is 2.13. The predicted molar refractivity (Wildman–Crippen MR) is 122 cm³/mol. The fraction of sp³-hybridized carbons (Fsp3) is 0.125. The Morgan fingerprint density at radius 1 is 1.03 bits per heavy atom. The molecule has 0 spiro atoms. The molecule has 0 aliphatic heterocycles. The lowest BCUT2D eigenvalue weighted by atomic mass is 10.1. The van der Waals surface area contributed by atoms with Crippen LogP contribution in [0.1, 0.15) is 22.4 Å². The van der Waals surface area contributed by atoms with E-state index in [9.17, 15) is 4.79 Å². The summed E-state index contributed by atoms with van der Waals surface area (Å²) in [5.41, 5.74) is 4.68. The Morgan fingerprint density at radius 3 is 2.63 bits per heavy atom. The maximum Gasteiger partial charge on any atom is 0.249 e. The standard InChI is InChI=1S/C24H21ClN4O/c1-15-7-6-9-19-16(2)13-21(27-24(15)19)29-22(14-17(3)28-29)26-23(30)12-11-18-8-4-5-10-20(18)25/h4-14H,1-3H3,(H,26,30)/b12-11+. The van der Waals surface area contributed by atoms with E-state index in [4.69, 9.17) is 16.6 Å². The van der Waals surface area contributed by atoms with Gasteiger partial charge in [0.25, 0.3) is 0 Å². The van der Waals surface area contributed by atoms with Gasteiger partial charge >= 0.3 is 0 Å². The largest absolute Gasteiger partial charge is 0.307 e. The van der Waals surface area contributed by atoms with Crippen LogP contribution in [-0.4, -0.2) is 20.7 Å². The molecular weight excluding hydrogens is 396 g/mol. The SMILES string of the molecule is Cc1cc(NC(=O)/C=C/c2ccccc2Cl)n(-c2cc(C)c3cccc(C)c3n2)n1. The van der Waals surface area contributed by atoms with Crippen molar-refractivity contribution in [2.75, 3.05) is 5.32 Å². The fourth-order valence-corrected chi connectivity index (χ4v) is 3.56. The molecule has 1 amide bonds. The second-order valence-electron chi connectivity index (χ2n) is 7.20. The van der Waals surface area contributed by atoms with Gasteiger partial charge in [-0.05, 0) is 55.7 Å². The van der Waals surface area contributed by atoms with Crippen LogP contribution in [0.25, 0.3) is 22.8 Å². The Balaban J connectivity index is 1.67. The Bertz CT molecular complexity index is 1290. The number of hydrogen-bond acceptors (Lipinski definition) is 3. The molecule has 0 fully saturated rings. The van der Waals surface area contributed by atoms with Crippen molar-refractivity contribution in [1.29, 1.82) is 0 Å². The van der Waals surface area contributed by atoms with Crippen molar-refractivity contribution in [3.8, 4) is 5.82 Å². The number of amides is 1. The summed E-state index contributed by atoms with van der Waals surface area (Å²) in [6.07, 6.45) is 3.14. The van der Waals surface area contributed by atoms with Crippen LogP contribution >= 0.6 is 11.6 Å². The highest BCUT2D eigenvalue weighted by molar-refractivity contribution is 6.32. The molecule has 4 rings (SSSR count). The van der Waals surface area contributed by atoms with Crippen LogP contribution < -0.4 is 5.32 Å². The first-order valence-electron chi connectivity index (χ1n) is 9.60. The van der Waals surface area contributed by atoms with E-state index in [1.165, 1.54) is 6.08 Å². The summed E-state index contributed by atoms with van der Waals surface area (Å²) >= 11 is 6.15. The molecule has 0 saturated carbocycles. The van der Waals surface area contributed by atoms with Gasteiger partial charge in [-0.15, -0.1) is 0 Å². The molecule has 0 atom stereocenters. The van der Waals surface area contributed by atoms with Crippen LogP contribution in [-0.2, 0) is 4.79 Å². The summed E-state index contributed by atoms with van der Waals surface area (Å²) in [4.78, 5) is 17.3. The summed E-state index contributed by atoms with van der Waals surface area (Å²) in [6, 6.07) is 17.3. The molecule has 0 unspecified atom stereocenters. The average molecular weight is 417 g/mol. The number of anilines is 1. The van der Waals surface area contributed by atoms with Gasteiger partial charge in [0, 0.05) is 22.6 Å². The molecule has 150 valence electrons. The zero-order valence-electron chi connectivity index (χ0n) is 17.0. The van der Waals surface area contributed by atoms with Gasteiger partial charge in [0.2, 0.25) is 5.91 Å². The van der Waals surface area contributed by atoms with Gasteiger partial charge in [0.05, 0.1) is 11.2 Å². The topological polar surface area (TPSA) is 59.8 Å². The maximum absolute atomic E-state index is 12.5. The normalized spacial score (nSPS) is 11.3. The second kappa shape index (κ2) is 8.13. The first-order valence-corrected chi connectivity index (χ1v) is 9.98. The average Bonchev–Trinajstić information content (AvgIpc) is 3.08. The molecule has 4 aromatic rings. The van der Waals surface area contributed by atoms with Crippen molar-refractivity contribution in [1.82, 2.24) is 14.8 Å². The van der Waals surface area contributed by atoms with E-state index in [1.807, 2.05) is 63.2 Å². The molecule has 2 aromatic heterocycles. The molecule has 30 heavy (non-hydrogen) atoms. The minimum atomic E-state index is -0.273. The number of carbonyl (C=O) groups is 1. The number of rotatable bonds is 4. The number of aromatic nitrogens is 3. The van der Waals surface area contributed by atoms with Crippen LogP contribution in [0.2, 0.25) is 5.02 Å². The molecule has 0 aliphatic rings. The van der Waals surface area contributed by atoms with Crippen LogP contribution in [0.15, 0.2) is 60.7 Å². The highest BCUT2D eigenvalue weighted by Crippen LogP contribution is 2.24. The zero-order chi connectivity index (χ0) is 21.3. The van der Waals surface area contributed by atoms with E-state index in [0.29, 0.717) is 16.7 Å². The third-order valence-electron chi connectivity index (χ3n) is 4.85. The molecule has 2 aromatic carbocycles. The molecule has 6 heteroatoms. The number of nitrogens with zero attached hydrogens (tertiary/aromatic N) is 3. The first kappa shape index (κ1) is 19.9. The number of nitrogens with one attached hydrogen (secondary N) is 1. The van der Waals surface area contributed by atoms with Gasteiger partial charge in [-0.1, -0.05) is 48.0 Å². The lowest BCUT2D eigenvalue weighted by Gasteiger charge is -2.11. The van der Waals surface area contributed by atoms with Crippen molar-refractivity contribution >= 4 is 40.3 Å². The van der Waals surface area contributed by atoms with Crippen molar-refractivity contribution in [3.63, 3.8) is 0 Å². The molecule has 5 nitrogen and oxygen atoms in total. The quantitative estimate of drug-likeness (QED) is 0.437. The van der Waals surface area contributed by atoms with Crippen molar-refractivity contribution < 1.29 is 4.79 Å². The van der Waals surface area contributed by atoms with Gasteiger partial charge in [-0.25, -0.2) is 4.98 Å². The summed E-state index contributed by atoms with van der Waals surface area (Å²) in [6.45, 7) is 5.97. The lowest BCUT2D eigenvalue weighted by Crippen LogP contribution is -2.13. The van der Waals surface area contributed by atoms with E-state index in [0.717, 1.165) is 33.3 Å². The van der Waals surface area contributed by atoms with Gasteiger partial charge < -0.3 is 5.32 Å². The number of benzene rings is 2. The van der Waals surface area contributed by atoms with E-state index < -0.39 is 0 Å². The molecule has 0 radical (unpaired) electrons. The summed E-state index contributed by atoms with van der Waals surface area (Å²) < 4.78 is 1.66. The van der Waals surface area contributed by atoms with Gasteiger partial charge in [0.15, 0.2) is 5.82 Å². The third kappa shape index (κ3) is 3.98. The summed E-state index contributed by atoms with van der Waals surface area (Å²) in [7, 11) is 0. The second-order valence-corrected chi connectivity index (χ2v) is 7.60. The van der Waals surface area contributed by atoms with Gasteiger partial charge in [-0.3, -0.25) is 4.79 Å². The predicted octanol–water partition coefficient (Wildman–Crippen LogP) is 5.65. The monoisotopic (exact) mass is 416 g/mol. The molecule has 0 aliphatic carbocycles. The number of hydrogen-bond donors (Lipinski definition) is 1. The Labute approximate surface area is 180 Å². The van der Waals surface area contributed by atoms with E-state index in [1.54, 1.807) is 16.8 Å². The Kier molecular flexibility index (Phi) is 5.38. The number of aryl methyl sites for hydroxylation is 3. The van der Waals surface area contributed by atoms with Crippen LogP contribution in [0.5, 0.6) is 0 Å². The number of halogens is 1. The minimum absolute atomic E-state index is 0.273. The summed E-state index contributed by atoms with van der Waals surface area (Å²) in [5, 5.41) is 9.13. The highest BCUT2D eigenvalue weighted by atomic mass is 35.5. The molecule has 0 saturated heterocycles. The third-order valence-corrected chi connectivity index (χ3v) is 5.20. The molecule has 1 N–H and O–H groups in total. The first-order chi connectivity index (χ1) is 14.4. The van der Waals surface area contributed by atoms with Crippen LogP contribution in [0, 0.1) is 20.8 Å². The Hall–Kier alpha value is -3.44. The number of para-hydroxylation sites is 1. The van der Waals surface area contributed by atoms with Crippen molar-refractivity contribution in [2.45, 2.75) is 20.8 Å². The van der Waals surface area contributed by atoms with E-state index >= 15 is 0 Å². The van der Waals surface area contributed by atoms with Gasteiger partial charge in [0.1, 0.15) is 5.82 Å². The smallest absolute Gasteiger partial charge is 0.249 e. The fourth-order valence-electron chi connectivity index (χ4n) is 3.36. The zero-order valence-corrected chi connectivity index (χ0v) is 17.7. The van der Waals surface area contributed by atoms with Crippen molar-refractivity contribution in [2.24, 2.45) is 0 Å². The number of carbonyl (C=O) groups excluding carboxylic acids is 1. The maximum atomic E-state index is 12.5. The molecular formula is C24H21ClN4O. The van der Waals surface area contributed by atoms with Crippen LogP contribution in [0.4, 0.5) is 5.82 Å². The number of fused-ring (bicyclic) bond motifs is 1. The minimum Gasteiger partial charge on any atom is -0.307 e. The van der Waals surface area contributed by atoms with Gasteiger partial charge in [-0.2, -0.15) is 9.78 Å². The van der Waals surface area contributed by atoms with Crippen LogP contribution in [0.3, 0.4) is 0 Å². The number of pyridine rings is 1.